The number of carbonyl (C=O) groups excluding carboxylic acids is 1. The highest BCUT2D eigenvalue weighted by Crippen LogP contribution is 2.39. The minimum Gasteiger partial charge on any atom is -0.493 e. The molecule has 0 heterocycles. The van der Waals surface area contributed by atoms with Gasteiger partial charge in [0.25, 0.3) is 0 Å². The molecule has 0 aromatic heterocycles. The van der Waals surface area contributed by atoms with Crippen molar-refractivity contribution in [2.75, 3.05) is 6.61 Å². The van der Waals surface area contributed by atoms with Crippen LogP contribution in [0.5, 0.6) is 11.5 Å². The van der Waals surface area contributed by atoms with E-state index in [-0.39, 0.29) is 17.2 Å². The van der Waals surface area contributed by atoms with Crippen LogP contribution in [0.2, 0.25) is 0 Å². The number of nitrogens with one attached hydrogen (secondary N) is 1. The maximum absolute atomic E-state index is 12.9. The van der Waals surface area contributed by atoms with Gasteiger partial charge in [0.2, 0.25) is 5.91 Å². The molecular weight excluding hydrogens is 411 g/mol. The summed E-state index contributed by atoms with van der Waals surface area (Å²) in [6, 6.07) is 3.79. The molecule has 1 aromatic carbocycles. The largest absolute Gasteiger partial charge is 0.534 e. The zero-order valence-corrected chi connectivity index (χ0v) is 17.0. The number of amides is 1. The molecule has 1 aliphatic carbocycles. The fourth-order valence-electron chi connectivity index (χ4n) is 3.06. The average Bonchev–Trinajstić information content (AvgIpc) is 2.61. The van der Waals surface area contributed by atoms with Gasteiger partial charge in [0, 0.05) is 30.5 Å². The molecule has 0 radical (unpaired) electrons. The highest BCUT2D eigenvalue weighted by Gasteiger charge is 2.49. The van der Waals surface area contributed by atoms with E-state index in [1.54, 1.807) is 6.07 Å². The first kappa shape index (κ1) is 23.1. The molecule has 0 fully saturated rings. The third-order valence-corrected chi connectivity index (χ3v) is 5.42. The molecule has 1 aliphatic rings. The van der Waals surface area contributed by atoms with Crippen LogP contribution in [-0.4, -0.2) is 32.5 Å². The summed E-state index contributed by atoms with van der Waals surface area (Å²) in [5.41, 5.74) is -5.31. The normalized spacial score (nSPS) is 19.6. The number of hydrogen-bond acceptors (Lipinski definition) is 5. The minimum atomic E-state index is -5.86. The summed E-state index contributed by atoms with van der Waals surface area (Å²) < 4.78 is 71.8. The predicted molar refractivity (Wildman–Crippen MR) is 101 cm³/mol. The van der Waals surface area contributed by atoms with Crippen molar-refractivity contribution in [1.82, 2.24) is 5.32 Å². The first-order chi connectivity index (χ1) is 13.5. The van der Waals surface area contributed by atoms with Crippen LogP contribution in [-0.2, 0) is 14.9 Å². The van der Waals surface area contributed by atoms with Gasteiger partial charge in [-0.1, -0.05) is 31.6 Å². The van der Waals surface area contributed by atoms with Gasteiger partial charge in [-0.25, -0.2) is 0 Å². The molecule has 29 heavy (non-hydrogen) atoms. The number of benzene rings is 1. The molecule has 1 amide bonds. The van der Waals surface area contributed by atoms with E-state index in [0.29, 0.717) is 19.4 Å². The topological polar surface area (TPSA) is 81.7 Å². The fraction of sp³-hybridized carbons (Fsp3) is 0.526. The van der Waals surface area contributed by atoms with Crippen molar-refractivity contribution in [3.05, 3.63) is 35.9 Å². The molecule has 0 saturated heterocycles. The lowest BCUT2D eigenvalue weighted by Crippen LogP contribution is -2.39. The van der Waals surface area contributed by atoms with Crippen molar-refractivity contribution in [1.29, 1.82) is 0 Å². The van der Waals surface area contributed by atoms with Gasteiger partial charge >= 0.3 is 15.6 Å². The first-order valence-corrected chi connectivity index (χ1v) is 10.7. The standard InChI is InChI=1S/C19H24F3NO5S/c1-3-4-11-27-14-9-10-16(15-7-5-6-8-17(15)23-13(2)24)18(12-14)28-29(25,26)19(20,21)22/h5-6,9-10,12,15,17H,3-4,7-8,11H2,1-2H3,(H,23,24). The Morgan fingerprint density at radius 3 is 2.55 bits per heavy atom. The number of halogens is 3. The van der Waals surface area contributed by atoms with E-state index in [2.05, 4.69) is 9.50 Å². The summed E-state index contributed by atoms with van der Waals surface area (Å²) >= 11 is 0. The fourth-order valence-corrected chi connectivity index (χ4v) is 3.54. The van der Waals surface area contributed by atoms with E-state index >= 15 is 0 Å². The van der Waals surface area contributed by atoms with Crippen LogP contribution < -0.4 is 14.2 Å². The lowest BCUT2D eigenvalue weighted by Gasteiger charge is -2.30. The van der Waals surface area contributed by atoms with Crippen LogP contribution in [0.4, 0.5) is 13.2 Å². The van der Waals surface area contributed by atoms with E-state index < -0.39 is 33.3 Å². The number of alkyl halides is 3. The number of rotatable bonds is 8. The molecule has 2 atom stereocenters. The molecule has 0 bridgehead atoms. The Bertz CT molecular complexity index is 852. The van der Waals surface area contributed by atoms with E-state index in [1.165, 1.54) is 13.0 Å². The zero-order chi connectivity index (χ0) is 21.7. The Balaban J connectivity index is 2.44. The van der Waals surface area contributed by atoms with E-state index in [0.717, 1.165) is 18.9 Å². The summed E-state index contributed by atoms with van der Waals surface area (Å²) in [4.78, 5) is 11.5. The zero-order valence-electron chi connectivity index (χ0n) is 16.2. The molecule has 2 unspecified atom stereocenters. The number of unbranched alkanes of at least 4 members (excludes halogenated alkanes) is 1. The van der Waals surface area contributed by atoms with Gasteiger partial charge in [-0.05, 0) is 25.3 Å². The summed E-state index contributed by atoms with van der Waals surface area (Å²) in [5.74, 6) is -0.990. The Labute approximate surface area is 168 Å². The SMILES string of the molecule is CCCCOc1ccc(C2CC=CCC2NC(C)=O)c(OS(=O)(=O)C(F)(F)F)c1. The summed E-state index contributed by atoms with van der Waals surface area (Å²) in [6.07, 6.45) is 6.14. The summed E-state index contributed by atoms with van der Waals surface area (Å²) in [6.45, 7) is 3.63. The number of hydrogen-bond donors (Lipinski definition) is 1. The maximum Gasteiger partial charge on any atom is 0.534 e. The third kappa shape index (κ3) is 6.12. The summed E-state index contributed by atoms with van der Waals surface area (Å²) in [5, 5.41) is 2.76. The van der Waals surface area contributed by atoms with Gasteiger partial charge in [-0.2, -0.15) is 21.6 Å². The molecular formula is C19H24F3NO5S. The predicted octanol–water partition coefficient (Wildman–Crippen LogP) is 4.03. The van der Waals surface area contributed by atoms with Crippen LogP contribution in [0.25, 0.3) is 0 Å². The third-order valence-electron chi connectivity index (χ3n) is 4.46. The van der Waals surface area contributed by atoms with Crippen LogP contribution in [0.15, 0.2) is 30.4 Å². The quantitative estimate of drug-likeness (QED) is 0.289. The second kappa shape index (κ2) is 9.51. The Morgan fingerprint density at radius 2 is 1.93 bits per heavy atom. The second-order valence-corrected chi connectivity index (χ2v) is 8.28. The molecule has 2 rings (SSSR count). The first-order valence-electron chi connectivity index (χ1n) is 9.24. The number of ether oxygens (including phenoxy) is 1. The van der Waals surface area contributed by atoms with Crippen molar-refractivity contribution in [2.24, 2.45) is 0 Å². The average molecular weight is 435 g/mol. The second-order valence-electron chi connectivity index (χ2n) is 6.74. The lowest BCUT2D eigenvalue weighted by atomic mass is 9.83. The van der Waals surface area contributed by atoms with Crippen molar-refractivity contribution in [3.63, 3.8) is 0 Å². The van der Waals surface area contributed by atoms with Crippen LogP contribution in [0.1, 0.15) is 51.0 Å². The Kier molecular flexibility index (Phi) is 7.56. The van der Waals surface area contributed by atoms with Gasteiger partial charge < -0.3 is 14.2 Å². The van der Waals surface area contributed by atoms with Gasteiger partial charge in [0.15, 0.2) is 0 Å². The van der Waals surface area contributed by atoms with Crippen LogP contribution in [0, 0.1) is 0 Å². The highest BCUT2D eigenvalue weighted by atomic mass is 32.2. The smallest absolute Gasteiger partial charge is 0.493 e. The van der Waals surface area contributed by atoms with Gasteiger partial charge in [-0.15, -0.1) is 0 Å². The van der Waals surface area contributed by atoms with E-state index in [9.17, 15) is 26.4 Å². The van der Waals surface area contributed by atoms with Gasteiger partial charge in [0.05, 0.1) is 6.61 Å². The number of allylic oxidation sites excluding steroid dienone is 1. The van der Waals surface area contributed by atoms with Gasteiger partial charge in [0.1, 0.15) is 11.5 Å². The van der Waals surface area contributed by atoms with E-state index in [1.807, 2.05) is 19.1 Å². The minimum absolute atomic E-state index is 0.206. The molecule has 162 valence electrons. The van der Waals surface area contributed by atoms with Crippen molar-refractivity contribution in [3.8, 4) is 11.5 Å². The van der Waals surface area contributed by atoms with Crippen molar-refractivity contribution >= 4 is 16.0 Å². The summed E-state index contributed by atoms with van der Waals surface area (Å²) in [7, 11) is -5.86. The highest BCUT2D eigenvalue weighted by molar-refractivity contribution is 7.88. The lowest BCUT2D eigenvalue weighted by molar-refractivity contribution is -0.119. The molecule has 0 aliphatic heterocycles. The Hall–Kier alpha value is -2.23. The van der Waals surface area contributed by atoms with Crippen molar-refractivity contribution < 1.29 is 35.3 Å². The monoisotopic (exact) mass is 435 g/mol. The Morgan fingerprint density at radius 1 is 1.24 bits per heavy atom. The maximum atomic E-state index is 12.9. The van der Waals surface area contributed by atoms with Crippen molar-refractivity contribution in [2.45, 2.75) is 57.0 Å². The van der Waals surface area contributed by atoms with Crippen LogP contribution in [0.3, 0.4) is 0 Å². The van der Waals surface area contributed by atoms with Gasteiger partial charge in [-0.3, -0.25) is 4.79 Å². The molecule has 1 N–H and O–H groups in total. The molecule has 6 nitrogen and oxygen atoms in total. The number of carbonyl (C=O) groups is 1. The molecule has 0 saturated carbocycles. The van der Waals surface area contributed by atoms with Crippen LogP contribution >= 0.6 is 0 Å². The van der Waals surface area contributed by atoms with E-state index in [4.69, 9.17) is 4.74 Å². The molecule has 0 spiro atoms. The molecule has 1 aromatic rings. The molecule has 10 heteroatoms.